The number of aromatic nitrogens is 1. The van der Waals surface area contributed by atoms with Gasteiger partial charge in [0.2, 0.25) is 0 Å². The van der Waals surface area contributed by atoms with Crippen molar-refractivity contribution in [2.75, 3.05) is 5.73 Å². The number of hydrogen-bond donors (Lipinski definition) is 1. The van der Waals surface area contributed by atoms with Crippen molar-refractivity contribution < 1.29 is 4.39 Å². The smallest absolute Gasteiger partial charge is 0.134 e. The fraction of sp³-hybridized carbons (Fsp3) is 0.308. The molecule has 0 amide bonds. The lowest BCUT2D eigenvalue weighted by Crippen LogP contribution is -2.01. The summed E-state index contributed by atoms with van der Waals surface area (Å²) in [5.41, 5.74) is 7.85. The molecule has 17 heavy (non-hydrogen) atoms. The van der Waals surface area contributed by atoms with Gasteiger partial charge < -0.3 is 5.73 Å². The lowest BCUT2D eigenvalue weighted by atomic mass is 10.1. The van der Waals surface area contributed by atoms with Gasteiger partial charge in [0.25, 0.3) is 0 Å². The van der Waals surface area contributed by atoms with Gasteiger partial charge in [-0.1, -0.05) is 13.8 Å². The van der Waals surface area contributed by atoms with Gasteiger partial charge in [0.15, 0.2) is 0 Å². The SMILES string of the molecule is CC(C)Cc1cc(N)c2c(F)ccc(Br)c2n1. The van der Waals surface area contributed by atoms with Crippen molar-refractivity contribution in [1.82, 2.24) is 4.98 Å². The molecule has 0 spiro atoms. The average Bonchev–Trinajstić information content (AvgIpc) is 2.22. The Kier molecular flexibility index (Phi) is 3.33. The molecule has 0 aliphatic carbocycles. The summed E-state index contributed by atoms with van der Waals surface area (Å²) in [4.78, 5) is 4.47. The molecule has 0 radical (unpaired) electrons. The molecule has 0 atom stereocenters. The molecule has 1 aromatic carbocycles. The molecule has 2 N–H and O–H groups in total. The van der Waals surface area contributed by atoms with Gasteiger partial charge in [-0.15, -0.1) is 0 Å². The summed E-state index contributed by atoms with van der Waals surface area (Å²) < 4.78 is 14.5. The van der Waals surface area contributed by atoms with Crippen LogP contribution in [0.25, 0.3) is 10.9 Å². The summed E-state index contributed by atoms with van der Waals surface area (Å²) in [7, 11) is 0. The van der Waals surface area contributed by atoms with Crippen LogP contribution in [0.5, 0.6) is 0 Å². The normalized spacial score (nSPS) is 11.4. The lowest BCUT2D eigenvalue weighted by molar-refractivity contribution is 0.633. The standard InChI is InChI=1S/C13H14BrFN2/c1-7(2)5-8-6-11(16)12-10(15)4-3-9(14)13(12)17-8/h3-4,6-7H,5H2,1-2H3,(H2,16,17). The van der Waals surface area contributed by atoms with Crippen LogP contribution in [0.4, 0.5) is 10.1 Å². The highest BCUT2D eigenvalue weighted by Crippen LogP contribution is 2.29. The zero-order valence-corrected chi connectivity index (χ0v) is 11.4. The summed E-state index contributed by atoms with van der Waals surface area (Å²) >= 11 is 3.38. The van der Waals surface area contributed by atoms with Crippen LogP contribution in [-0.2, 0) is 6.42 Å². The van der Waals surface area contributed by atoms with Crippen LogP contribution in [0, 0.1) is 11.7 Å². The molecule has 0 aliphatic rings. The molecule has 90 valence electrons. The van der Waals surface area contributed by atoms with E-state index in [4.69, 9.17) is 5.73 Å². The van der Waals surface area contributed by atoms with E-state index in [1.807, 2.05) is 0 Å². The van der Waals surface area contributed by atoms with E-state index in [-0.39, 0.29) is 5.82 Å². The molecule has 2 nitrogen and oxygen atoms in total. The van der Waals surface area contributed by atoms with Crippen molar-refractivity contribution in [3.63, 3.8) is 0 Å². The zero-order valence-electron chi connectivity index (χ0n) is 9.80. The fourth-order valence-corrected chi connectivity index (χ4v) is 2.29. The first kappa shape index (κ1) is 12.3. The minimum absolute atomic E-state index is 0.329. The lowest BCUT2D eigenvalue weighted by Gasteiger charge is -2.10. The fourth-order valence-electron chi connectivity index (χ4n) is 1.88. The molecule has 2 aromatic rings. The predicted molar refractivity (Wildman–Crippen MR) is 72.4 cm³/mol. The van der Waals surface area contributed by atoms with Crippen molar-refractivity contribution in [3.8, 4) is 0 Å². The van der Waals surface area contributed by atoms with Gasteiger partial charge in [0.1, 0.15) is 5.82 Å². The quantitative estimate of drug-likeness (QED) is 0.912. The summed E-state index contributed by atoms with van der Waals surface area (Å²) in [6, 6.07) is 4.81. The minimum Gasteiger partial charge on any atom is -0.398 e. The van der Waals surface area contributed by atoms with Gasteiger partial charge in [-0.2, -0.15) is 0 Å². The van der Waals surface area contributed by atoms with Gasteiger partial charge in [-0.3, -0.25) is 4.98 Å². The molecule has 0 saturated heterocycles. The second-order valence-corrected chi connectivity index (χ2v) is 5.41. The van der Waals surface area contributed by atoms with Gasteiger partial charge in [0.05, 0.1) is 10.9 Å². The number of anilines is 1. The number of fused-ring (bicyclic) bond motifs is 1. The minimum atomic E-state index is -0.329. The van der Waals surface area contributed by atoms with Gasteiger partial charge in [-0.05, 0) is 46.5 Å². The van der Waals surface area contributed by atoms with Crippen LogP contribution < -0.4 is 5.73 Å². The maximum atomic E-state index is 13.7. The summed E-state index contributed by atoms with van der Waals surface area (Å²) in [5.74, 6) is 0.163. The van der Waals surface area contributed by atoms with Crippen molar-refractivity contribution in [1.29, 1.82) is 0 Å². The van der Waals surface area contributed by atoms with E-state index in [1.165, 1.54) is 6.07 Å². The number of benzene rings is 1. The van der Waals surface area contributed by atoms with E-state index in [2.05, 4.69) is 34.8 Å². The molecule has 0 unspecified atom stereocenters. The molecular weight excluding hydrogens is 283 g/mol. The molecule has 1 aromatic heterocycles. The van der Waals surface area contributed by atoms with E-state index in [0.29, 0.717) is 22.5 Å². The first-order valence-electron chi connectivity index (χ1n) is 5.52. The molecule has 0 fully saturated rings. The third kappa shape index (κ3) is 2.41. The Labute approximate surface area is 108 Å². The average molecular weight is 297 g/mol. The molecule has 1 heterocycles. The van der Waals surface area contributed by atoms with Crippen molar-refractivity contribution in [2.45, 2.75) is 20.3 Å². The molecular formula is C13H14BrFN2. The Morgan fingerprint density at radius 3 is 2.76 bits per heavy atom. The highest BCUT2D eigenvalue weighted by molar-refractivity contribution is 9.10. The van der Waals surface area contributed by atoms with Crippen molar-refractivity contribution in [3.05, 3.63) is 34.2 Å². The number of hydrogen-bond acceptors (Lipinski definition) is 2. The highest BCUT2D eigenvalue weighted by atomic mass is 79.9. The van der Waals surface area contributed by atoms with Crippen LogP contribution in [-0.4, -0.2) is 4.98 Å². The topological polar surface area (TPSA) is 38.9 Å². The Morgan fingerprint density at radius 2 is 2.12 bits per heavy atom. The van der Waals surface area contributed by atoms with Gasteiger partial charge >= 0.3 is 0 Å². The van der Waals surface area contributed by atoms with Crippen LogP contribution in [0.2, 0.25) is 0 Å². The number of halogens is 2. The zero-order chi connectivity index (χ0) is 12.6. The number of nitrogens with zero attached hydrogens (tertiary/aromatic N) is 1. The molecule has 0 aliphatic heterocycles. The van der Waals surface area contributed by atoms with E-state index in [1.54, 1.807) is 12.1 Å². The Bertz CT molecular complexity index is 567. The van der Waals surface area contributed by atoms with Gasteiger partial charge in [0, 0.05) is 15.9 Å². The first-order valence-corrected chi connectivity index (χ1v) is 6.31. The summed E-state index contributed by atoms with van der Waals surface area (Å²) in [5, 5.41) is 0.395. The van der Waals surface area contributed by atoms with Crippen LogP contribution in [0.1, 0.15) is 19.5 Å². The maximum absolute atomic E-state index is 13.7. The Morgan fingerprint density at radius 1 is 1.41 bits per heavy atom. The number of rotatable bonds is 2. The van der Waals surface area contributed by atoms with Crippen molar-refractivity contribution in [2.24, 2.45) is 5.92 Å². The highest BCUT2D eigenvalue weighted by Gasteiger charge is 2.11. The number of pyridine rings is 1. The van der Waals surface area contributed by atoms with E-state index in [9.17, 15) is 4.39 Å². The third-order valence-electron chi connectivity index (χ3n) is 2.56. The Balaban J connectivity index is 2.68. The molecule has 4 heteroatoms. The van der Waals surface area contributed by atoms with E-state index >= 15 is 0 Å². The summed E-state index contributed by atoms with van der Waals surface area (Å²) in [6.45, 7) is 4.23. The number of nitrogen functional groups attached to an aromatic ring is 1. The second kappa shape index (κ2) is 4.61. The van der Waals surface area contributed by atoms with Crippen molar-refractivity contribution >= 4 is 32.5 Å². The monoisotopic (exact) mass is 296 g/mol. The van der Waals surface area contributed by atoms with E-state index < -0.39 is 0 Å². The van der Waals surface area contributed by atoms with Crippen LogP contribution >= 0.6 is 15.9 Å². The first-order chi connectivity index (χ1) is 7.99. The largest absolute Gasteiger partial charge is 0.398 e. The second-order valence-electron chi connectivity index (χ2n) is 4.55. The number of nitrogens with two attached hydrogens (primary N) is 1. The molecule has 0 bridgehead atoms. The van der Waals surface area contributed by atoms with E-state index in [0.717, 1.165) is 16.6 Å². The van der Waals surface area contributed by atoms with Crippen LogP contribution in [0.15, 0.2) is 22.7 Å². The van der Waals surface area contributed by atoms with Crippen LogP contribution in [0.3, 0.4) is 0 Å². The maximum Gasteiger partial charge on any atom is 0.134 e. The summed E-state index contributed by atoms with van der Waals surface area (Å²) in [6.07, 6.45) is 0.836. The predicted octanol–water partition coefficient (Wildman–Crippen LogP) is 3.92. The van der Waals surface area contributed by atoms with Gasteiger partial charge in [-0.25, -0.2) is 4.39 Å². The molecule has 2 rings (SSSR count). The third-order valence-corrected chi connectivity index (χ3v) is 3.20. The molecule has 0 saturated carbocycles. The Hall–Kier alpha value is -1.16.